The Labute approximate surface area is 165 Å². The van der Waals surface area contributed by atoms with E-state index in [4.69, 9.17) is 4.74 Å². The van der Waals surface area contributed by atoms with Gasteiger partial charge in [0, 0.05) is 16.6 Å². The molecule has 0 spiro atoms. The zero-order valence-electron chi connectivity index (χ0n) is 15.1. The van der Waals surface area contributed by atoms with E-state index < -0.39 is 0 Å². The Bertz CT molecular complexity index is 1200. The minimum atomic E-state index is -0.310. The second kappa shape index (κ2) is 7.66. The normalized spacial score (nSPS) is 10.8. The summed E-state index contributed by atoms with van der Waals surface area (Å²) in [5, 5.41) is 3.28. The van der Waals surface area contributed by atoms with Crippen molar-refractivity contribution in [2.75, 3.05) is 12.4 Å². The Hall–Kier alpha value is -3.45. The van der Waals surface area contributed by atoms with Crippen molar-refractivity contribution in [1.82, 2.24) is 9.55 Å². The van der Waals surface area contributed by atoms with E-state index in [1.165, 1.54) is 22.2 Å². The van der Waals surface area contributed by atoms with Gasteiger partial charge in [0.2, 0.25) is 5.91 Å². The summed E-state index contributed by atoms with van der Waals surface area (Å²) in [4.78, 5) is 31.1. The number of methoxy groups -OCH3 is 1. The highest BCUT2D eigenvalue weighted by molar-refractivity contribution is 7.21. The maximum atomic E-state index is 12.8. The van der Waals surface area contributed by atoms with Crippen molar-refractivity contribution in [2.45, 2.75) is 6.54 Å². The van der Waals surface area contributed by atoms with Gasteiger partial charge in [0.15, 0.2) is 0 Å². The van der Waals surface area contributed by atoms with Crippen LogP contribution in [0.3, 0.4) is 0 Å². The fraction of sp³-hybridized carbons (Fsp3) is 0.0952. The number of carbonyl (C=O) groups is 1. The number of carbonyl (C=O) groups excluding carboxylic acids is 1. The van der Waals surface area contributed by atoms with Crippen molar-refractivity contribution in [3.05, 3.63) is 77.3 Å². The Balaban J connectivity index is 1.58. The molecule has 2 aromatic heterocycles. The molecule has 2 heterocycles. The minimum Gasteiger partial charge on any atom is -0.497 e. The number of amides is 1. The number of fused-ring (bicyclic) bond motifs is 1. The first kappa shape index (κ1) is 17.9. The topological polar surface area (TPSA) is 73.2 Å². The summed E-state index contributed by atoms with van der Waals surface area (Å²) in [6, 6.07) is 18.7. The summed E-state index contributed by atoms with van der Waals surface area (Å²) in [6.45, 7) is -0.116. The maximum Gasteiger partial charge on any atom is 0.262 e. The lowest BCUT2D eigenvalue weighted by Gasteiger charge is -2.08. The quantitative estimate of drug-likeness (QED) is 0.562. The van der Waals surface area contributed by atoms with Crippen LogP contribution in [-0.2, 0) is 11.3 Å². The van der Waals surface area contributed by atoms with Gasteiger partial charge in [-0.05, 0) is 23.8 Å². The van der Waals surface area contributed by atoms with Crippen LogP contribution in [0.2, 0.25) is 0 Å². The number of thiophene rings is 1. The molecule has 0 saturated heterocycles. The van der Waals surface area contributed by atoms with E-state index in [1.807, 2.05) is 36.4 Å². The van der Waals surface area contributed by atoms with Gasteiger partial charge in [-0.25, -0.2) is 4.98 Å². The van der Waals surface area contributed by atoms with Crippen LogP contribution in [-0.4, -0.2) is 22.6 Å². The lowest BCUT2D eigenvalue weighted by molar-refractivity contribution is -0.116. The van der Waals surface area contributed by atoms with Gasteiger partial charge in [-0.15, -0.1) is 11.3 Å². The summed E-state index contributed by atoms with van der Waals surface area (Å²) in [7, 11) is 1.56. The highest BCUT2D eigenvalue weighted by Crippen LogP contribution is 2.30. The highest BCUT2D eigenvalue weighted by atomic mass is 32.1. The fourth-order valence-corrected chi connectivity index (χ4v) is 3.87. The molecule has 2 aromatic carbocycles. The molecule has 1 amide bonds. The lowest BCUT2D eigenvalue weighted by atomic mass is 10.2. The SMILES string of the molecule is COc1cccc(NC(=O)Cn2cnc3sc(-c4ccccc4)cc3c2=O)c1. The van der Waals surface area contributed by atoms with E-state index in [1.54, 1.807) is 31.4 Å². The van der Waals surface area contributed by atoms with Crippen LogP contribution in [0.15, 0.2) is 71.8 Å². The molecular formula is C21H17N3O3S. The summed E-state index contributed by atoms with van der Waals surface area (Å²) >= 11 is 1.46. The van der Waals surface area contributed by atoms with Gasteiger partial charge in [-0.1, -0.05) is 36.4 Å². The highest BCUT2D eigenvalue weighted by Gasteiger charge is 2.12. The van der Waals surface area contributed by atoms with E-state index in [-0.39, 0.29) is 18.0 Å². The van der Waals surface area contributed by atoms with E-state index in [0.717, 1.165) is 10.4 Å². The van der Waals surface area contributed by atoms with Gasteiger partial charge in [0.05, 0.1) is 18.8 Å². The van der Waals surface area contributed by atoms with Crippen molar-refractivity contribution in [3.8, 4) is 16.2 Å². The Kier molecular flexibility index (Phi) is 4.90. The van der Waals surface area contributed by atoms with E-state index in [0.29, 0.717) is 21.7 Å². The van der Waals surface area contributed by atoms with E-state index >= 15 is 0 Å². The van der Waals surface area contributed by atoms with Crippen LogP contribution in [0.4, 0.5) is 5.69 Å². The van der Waals surface area contributed by atoms with Gasteiger partial charge in [-0.2, -0.15) is 0 Å². The molecule has 0 bridgehead atoms. The van der Waals surface area contributed by atoms with E-state index in [2.05, 4.69) is 10.3 Å². The first-order valence-corrected chi connectivity index (χ1v) is 9.44. The molecule has 0 saturated carbocycles. The Morgan fingerprint density at radius 3 is 2.75 bits per heavy atom. The second-order valence-corrected chi connectivity index (χ2v) is 7.18. The lowest BCUT2D eigenvalue weighted by Crippen LogP contribution is -2.27. The molecule has 140 valence electrons. The zero-order valence-corrected chi connectivity index (χ0v) is 15.9. The third-order valence-electron chi connectivity index (χ3n) is 4.24. The molecule has 0 aliphatic carbocycles. The number of nitrogens with one attached hydrogen (secondary N) is 1. The number of ether oxygens (including phenoxy) is 1. The number of nitrogens with zero attached hydrogens (tertiary/aromatic N) is 2. The van der Waals surface area contributed by atoms with E-state index in [9.17, 15) is 9.59 Å². The van der Waals surface area contributed by atoms with Crippen LogP contribution in [0.1, 0.15) is 0 Å². The van der Waals surface area contributed by atoms with Crippen molar-refractivity contribution in [3.63, 3.8) is 0 Å². The molecule has 0 atom stereocenters. The maximum absolute atomic E-state index is 12.8. The summed E-state index contributed by atoms with van der Waals surface area (Å²) in [6.07, 6.45) is 1.42. The fourth-order valence-electron chi connectivity index (χ4n) is 2.87. The minimum absolute atomic E-state index is 0.116. The second-order valence-electron chi connectivity index (χ2n) is 6.15. The molecule has 0 aliphatic heterocycles. The van der Waals surface area contributed by atoms with Gasteiger partial charge < -0.3 is 10.1 Å². The van der Waals surface area contributed by atoms with Crippen molar-refractivity contribution in [2.24, 2.45) is 0 Å². The number of hydrogen-bond donors (Lipinski definition) is 1. The molecule has 6 nitrogen and oxygen atoms in total. The van der Waals surface area contributed by atoms with Gasteiger partial charge >= 0.3 is 0 Å². The molecule has 0 radical (unpaired) electrons. The van der Waals surface area contributed by atoms with Crippen molar-refractivity contribution >= 4 is 33.1 Å². The number of aromatic nitrogens is 2. The van der Waals surface area contributed by atoms with Crippen molar-refractivity contribution in [1.29, 1.82) is 0 Å². The Morgan fingerprint density at radius 1 is 1.14 bits per heavy atom. The van der Waals surface area contributed by atoms with Crippen molar-refractivity contribution < 1.29 is 9.53 Å². The summed E-state index contributed by atoms with van der Waals surface area (Å²) in [5.41, 5.74) is 1.41. The van der Waals surface area contributed by atoms with Crippen LogP contribution >= 0.6 is 11.3 Å². The molecule has 0 fully saturated rings. The first-order chi connectivity index (χ1) is 13.6. The van der Waals surface area contributed by atoms with Gasteiger partial charge in [-0.3, -0.25) is 14.2 Å². The number of rotatable bonds is 5. The zero-order chi connectivity index (χ0) is 19.5. The first-order valence-electron chi connectivity index (χ1n) is 8.62. The molecule has 4 aromatic rings. The van der Waals surface area contributed by atoms with Crippen LogP contribution in [0.25, 0.3) is 20.7 Å². The smallest absolute Gasteiger partial charge is 0.262 e. The molecule has 0 aliphatic rings. The standard InChI is InChI=1S/C21H17N3O3S/c1-27-16-9-5-8-15(10-16)23-19(25)12-24-13-22-20-17(21(24)26)11-18(28-20)14-6-3-2-4-7-14/h2-11,13H,12H2,1H3,(H,23,25). The molecular weight excluding hydrogens is 374 g/mol. The van der Waals surface area contributed by atoms with Gasteiger partial charge in [0.25, 0.3) is 5.56 Å². The average Bonchev–Trinajstić information content (AvgIpc) is 3.16. The summed E-state index contributed by atoms with van der Waals surface area (Å²) < 4.78 is 6.46. The molecule has 4 rings (SSSR count). The predicted molar refractivity (Wildman–Crippen MR) is 111 cm³/mol. The van der Waals surface area contributed by atoms with Crippen LogP contribution in [0.5, 0.6) is 5.75 Å². The third-order valence-corrected chi connectivity index (χ3v) is 5.34. The number of hydrogen-bond acceptors (Lipinski definition) is 5. The molecule has 1 N–H and O–H groups in total. The largest absolute Gasteiger partial charge is 0.497 e. The van der Waals surface area contributed by atoms with Gasteiger partial charge in [0.1, 0.15) is 17.1 Å². The summed E-state index contributed by atoms with van der Waals surface area (Å²) in [5.74, 6) is 0.333. The molecule has 7 heteroatoms. The monoisotopic (exact) mass is 391 g/mol. The van der Waals surface area contributed by atoms with Crippen LogP contribution < -0.4 is 15.6 Å². The number of anilines is 1. The molecule has 0 unspecified atom stereocenters. The number of benzene rings is 2. The molecule has 28 heavy (non-hydrogen) atoms. The predicted octanol–water partition coefficient (Wildman–Crippen LogP) is 3.77. The Morgan fingerprint density at radius 2 is 1.96 bits per heavy atom. The van der Waals surface area contributed by atoms with Crippen LogP contribution in [0, 0.1) is 0 Å². The third kappa shape index (κ3) is 3.65. The average molecular weight is 391 g/mol.